The van der Waals surface area contributed by atoms with E-state index < -0.39 is 23.3 Å². The summed E-state index contributed by atoms with van der Waals surface area (Å²) < 4.78 is 14.2. The van der Waals surface area contributed by atoms with E-state index in [-0.39, 0.29) is 30.0 Å². The van der Waals surface area contributed by atoms with E-state index >= 15 is 0 Å². The van der Waals surface area contributed by atoms with Crippen molar-refractivity contribution in [2.45, 2.75) is 50.7 Å². The number of carbonyl (C=O) groups is 1. The quantitative estimate of drug-likeness (QED) is 0.346. The number of nitrogens with one attached hydrogen (secondary N) is 1. The summed E-state index contributed by atoms with van der Waals surface area (Å²) in [6.45, 7) is 5.51. The lowest BCUT2D eigenvalue weighted by atomic mass is 9.72. The molecule has 0 aliphatic heterocycles. The van der Waals surface area contributed by atoms with Gasteiger partial charge in [0, 0.05) is 10.9 Å². The molecule has 0 aromatic heterocycles. The summed E-state index contributed by atoms with van der Waals surface area (Å²) in [5, 5.41) is 24.5. The number of benzene rings is 2. The fourth-order valence-corrected chi connectivity index (χ4v) is 4.62. The maximum absolute atomic E-state index is 14.2. The second kappa shape index (κ2) is 11.0. The summed E-state index contributed by atoms with van der Waals surface area (Å²) in [7, 11) is 0. The van der Waals surface area contributed by atoms with Crippen LogP contribution in [0.25, 0.3) is 0 Å². The van der Waals surface area contributed by atoms with Crippen LogP contribution in [-0.2, 0) is 4.79 Å². The summed E-state index contributed by atoms with van der Waals surface area (Å²) in [5.74, 6) is -1.11. The van der Waals surface area contributed by atoms with Gasteiger partial charge in [-0.25, -0.2) is 4.39 Å². The molecule has 7 heteroatoms. The Balaban J connectivity index is 1.95. The molecule has 0 spiro atoms. The van der Waals surface area contributed by atoms with Crippen LogP contribution in [-0.4, -0.2) is 28.8 Å². The van der Waals surface area contributed by atoms with Gasteiger partial charge in [-0.1, -0.05) is 54.4 Å². The molecule has 1 unspecified atom stereocenters. The minimum absolute atomic E-state index is 0.0312. The number of aliphatic hydroxyl groups excluding tert-OH is 2. The van der Waals surface area contributed by atoms with Gasteiger partial charge in [-0.15, -0.1) is 6.58 Å². The topological polar surface area (TPSA) is 69.6 Å². The molecule has 0 bridgehead atoms. The number of halogens is 3. The molecule has 1 aliphatic rings. The predicted molar refractivity (Wildman–Crippen MR) is 130 cm³/mol. The van der Waals surface area contributed by atoms with Gasteiger partial charge in [-0.05, 0) is 67.0 Å². The van der Waals surface area contributed by atoms with Crippen molar-refractivity contribution in [3.63, 3.8) is 0 Å². The van der Waals surface area contributed by atoms with Gasteiger partial charge < -0.3 is 15.5 Å². The molecule has 0 saturated heterocycles. The first kappa shape index (κ1) is 25.7. The second-order valence-electron chi connectivity index (χ2n) is 9.14. The highest BCUT2D eigenvalue weighted by atomic mass is 35.5. The highest BCUT2D eigenvalue weighted by Crippen LogP contribution is 2.43. The standard InChI is InChI=1S/C26H30Cl2FNO3/c1-3-11-26(2,25(33)30-23(15-31)16-7-8-16)14-20(17-5-4-6-19(27)12-17)24(32)18-9-10-21(28)22(29)13-18/h3-6,9-10,12-13,16,20,23-24,31-32H,1,7-8,11,14-15H2,2H3,(H,30,33)/t20-,23-,24?,26+/m1/s1. The molecule has 3 rings (SSSR count). The highest BCUT2D eigenvalue weighted by molar-refractivity contribution is 6.31. The van der Waals surface area contributed by atoms with Crippen molar-refractivity contribution in [3.8, 4) is 0 Å². The van der Waals surface area contributed by atoms with E-state index in [0.717, 1.165) is 18.4 Å². The Hall–Kier alpha value is -1.92. The minimum Gasteiger partial charge on any atom is -0.394 e. The molecule has 0 radical (unpaired) electrons. The minimum atomic E-state index is -1.11. The summed E-state index contributed by atoms with van der Waals surface area (Å²) >= 11 is 12.1. The molecule has 178 valence electrons. The van der Waals surface area contributed by atoms with Gasteiger partial charge in [0.15, 0.2) is 0 Å². The molecule has 0 heterocycles. The fourth-order valence-electron chi connectivity index (χ4n) is 4.30. The zero-order valence-electron chi connectivity index (χ0n) is 18.6. The maximum atomic E-state index is 14.2. The van der Waals surface area contributed by atoms with E-state index in [1.807, 2.05) is 13.0 Å². The van der Waals surface area contributed by atoms with Crippen LogP contribution in [0, 0.1) is 17.2 Å². The monoisotopic (exact) mass is 493 g/mol. The molecule has 2 aromatic carbocycles. The van der Waals surface area contributed by atoms with Crippen LogP contribution in [0.1, 0.15) is 55.8 Å². The largest absolute Gasteiger partial charge is 0.394 e. The van der Waals surface area contributed by atoms with Crippen LogP contribution in [0.15, 0.2) is 55.1 Å². The van der Waals surface area contributed by atoms with Gasteiger partial charge >= 0.3 is 0 Å². The zero-order chi connectivity index (χ0) is 24.2. The lowest BCUT2D eigenvalue weighted by molar-refractivity contribution is -0.132. The molecule has 1 amide bonds. The number of allylic oxidation sites excluding steroid dienone is 1. The summed E-state index contributed by atoms with van der Waals surface area (Å²) in [4.78, 5) is 13.4. The van der Waals surface area contributed by atoms with E-state index in [1.165, 1.54) is 12.1 Å². The molecular formula is C26H30Cl2FNO3. The maximum Gasteiger partial charge on any atom is 0.226 e. The molecule has 33 heavy (non-hydrogen) atoms. The van der Waals surface area contributed by atoms with Crippen LogP contribution in [0.2, 0.25) is 10.0 Å². The predicted octanol–water partition coefficient (Wildman–Crippen LogP) is 5.81. The Morgan fingerprint density at radius 2 is 2.00 bits per heavy atom. The van der Waals surface area contributed by atoms with Crippen molar-refractivity contribution in [1.29, 1.82) is 0 Å². The summed E-state index contributed by atoms with van der Waals surface area (Å²) in [6, 6.07) is 11.0. The highest BCUT2D eigenvalue weighted by Gasteiger charge is 2.41. The van der Waals surface area contributed by atoms with Crippen molar-refractivity contribution in [2.75, 3.05) is 6.61 Å². The van der Waals surface area contributed by atoms with Crippen molar-refractivity contribution in [1.82, 2.24) is 5.32 Å². The fraction of sp³-hybridized carbons (Fsp3) is 0.423. The van der Waals surface area contributed by atoms with Crippen molar-refractivity contribution >= 4 is 29.1 Å². The summed E-state index contributed by atoms with van der Waals surface area (Å²) in [6.07, 6.45) is 3.14. The first-order valence-electron chi connectivity index (χ1n) is 11.1. The number of hydrogen-bond acceptors (Lipinski definition) is 3. The third-order valence-electron chi connectivity index (χ3n) is 6.46. The van der Waals surface area contributed by atoms with E-state index in [1.54, 1.807) is 30.3 Å². The van der Waals surface area contributed by atoms with E-state index in [4.69, 9.17) is 23.2 Å². The van der Waals surface area contributed by atoms with Crippen LogP contribution in [0.5, 0.6) is 0 Å². The number of hydrogen-bond donors (Lipinski definition) is 3. The van der Waals surface area contributed by atoms with Gasteiger partial charge in [-0.3, -0.25) is 4.79 Å². The number of rotatable bonds is 11. The Labute approximate surface area is 204 Å². The molecular weight excluding hydrogens is 464 g/mol. The lowest BCUT2D eigenvalue weighted by Crippen LogP contribution is -2.47. The third-order valence-corrected chi connectivity index (χ3v) is 7.00. The SMILES string of the molecule is C=CC[C@@](C)(C[C@H](c1cccc(Cl)c1)C(O)c1ccc(Cl)c(F)c1)C(=O)N[C@H](CO)C1CC1. The van der Waals surface area contributed by atoms with Crippen molar-refractivity contribution in [3.05, 3.63) is 82.1 Å². The molecule has 1 fully saturated rings. The second-order valence-corrected chi connectivity index (χ2v) is 9.98. The van der Waals surface area contributed by atoms with Gasteiger partial charge in [0.25, 0.3) is 0 Å². The summed E-state index contributed by atoms with van der Waals surface area (Å²) in [5.41, 5.74) is 0.159. The van der Waals surface area contributed by atoms with Gasteiger partial charge in [0.1, 0.15) is 5.82 Å². The normalized spacial score (nSPS) is 18.1. The lowest BCUT2D eigenvalue weighted by Gasteiger charge is -2.35. The van der Waals surface area contributed by atoms with Crippen LogP contribution in [0.3, 0.4) is 0 Å². The van der Waals surface area contributed by atoms with Crippen LogP contribution in [0.4, 0.5) is 4.39 Å². The molecule has 3 N–H and O–H groups in total. The Bertz CT molecular complexity index is 997. The molecule has 4 atom stereocenters. The smallest absolute Gasteiger partial charge is 0.226 e. The van der Waals surface area contributed by atoms with Gasteiger partial charge in [0.05, 0.1) is 29.2 Å². The van der Waals surface area contributed by atoms with Crippen LogP contribution < -0.4 is 5.32 Å². The molecule has 1 aliphatic carbocycles. The number of carbonyl (C=O) groups excluding carboxylic acids is 1. The van der Waals surface area contributed by atoms with Gasteiger partial charge in [0.2, 0.25) is 5.91 Å². The third kappa shape index (κ3) is 6.36. The Morgan fingerprint density at radius 3 is 2.58 bits per heavy atom. The van der Waals surface area contributed by atoms with E-state index in [9.17, 15) is 19.4 Å². The molecule has 4 nitrogen and oxygen atoms in total. The number of aliphatic hydroxyl groups is 2. The first-order valence-corrected chi connectivity index (χ1v) is 11.9. The average molecular weight is 494 g/mol. The molecule has 2 aromatic rings. The molecule has 1 saturated carbocycles. The zero-order valence-corrected chi connectivity index (χ0v) is 20.1. The first-order chi connectivity index (χ1) is 15.7. The Kier molecular flexibility index (Phi) is 8.57. The van der Waals surface area contributed by atoms with Crippen molar-refractivity contribution in [2.24, 2.45) is 11.3 Å². The Morgan fingerprint density at radius 1 is 1.27 bits per heavy atom. The van der Waals surface area contributed by atoms with E-state index in [2.05, 4.69) is 11.9 Å². The van der Waals surface area contributed by atoms with Crippen LogP contribution >= 0.6 is 23.2 Å². The van der Waals surface area contributed by atoms with Crippen molar-refractivity contribution < 1.29 is 19.4 Å². The average Bonchev–Trinajstić information content (AvgIpc) is 3.62. The number of amides is 1. The van der Waals surface area contributed by atoms with Gasteiger partial charge in [-0.2, -0.15) is 0 Å². The van der Waals surface area contributed by atoms with E-state index in [0.29, 0.717) is 22.9 Å².